The molecule has 16 nitrogen and oxygen atoms in total. The highest BCUT2D eigenvalue weighted by Crippen LogP contribution is 2.35. The van der Waals surface area contributed by atoms with Gasteiger partial charge in [0.1, 0.15) is 30.5 Å². The van der Waals surface area contributed by atoms with Crippen LogP contribution in [0.4, 0.5) is 0 Å². The number of aliphatic hydroxyl groups excluding tert-OH is 5. The van der Waals surface area contributed by atoms with Crippen LogP contribution in [0.3, 0.4) is 0 Å². The van der Waals surface area contributed by atoms with Gasteiger partial charge in [0, 0.05) is 31.6 Å². The predicted molar refractivity (Wildman–Crippen MR) is 135 cm³/mol. The smallest absolute Gasteiger partial charge is 0.189 e. The summed E-state index contributed by atoms with van der Waals surface area (Å²) in [4.78, 5) is 0. The maximum absolute atomic E-state index is 11.2. The lowest BCUT2D eigenvalue weighted by Gasteiger charge is -2.51. The van der Waals surface area contributed by atoms with Gasteiger partial charge >= 0.3 is 0 Å². The zero-order chi connectivity index (χ0) is 28.4. The molecular formula is C23H46N6O10. The molecule has 4 fully saturated rings. The number of hydrogen-bond acceptors (Lipinski definition) is 16. The van der Waals surface area contributed by atoms with Crippen molar-refractivity contribution in [3.63, 3.8) is 0 Å². The summed E-state index contributed by atoms with van der Waals surface area (Å²) in [6.45, 7) is 0.184. The van der Waals surface area contributed by atoms with E-state index in [2.05, 4.69) is 10.6 Å². The Kier molecular flexibility index (Phi) is 10.9. The van der Waals surface area contributed by atoms with E-state index < -0.39 is 105 Å². The van der Waals surface area contributed by atoms with Crippen LogP contribution >= 0.6 is 0 Å². The van der Waals surface area contributed by atoms with Gasteiger partial charge in [-0.05, 0) is 19.9 Å². The van der Waals surface area contributed by atoms with E-state index in [1.165, 1.54) is 0 Å². The van der Waals surface area contributed by atoms with E-state index in [9.17, 15) is 25.5 Å². The van der Waals surface area contributed by atoms with Crippen molar-refractivity contribution in [2.45, 2.75) is 117 Å². The Morgan fingerprint density at radius 1 is 0.795 bits per heavy atom. The van der Waals surface area contributed by atoms with Gasteiger partial charge in [-0.3, -0.25) is 0 Å². The minimum atomic E-state index is -1.48. The normalized spacial score (nSPS) is 50.9. The molecule has 39 heavy (non-hydrogen) atoms. The number of nitrogens with one attached hydrogen (secondary N) is 2. The molecule has 16 atom stereocenters. The van der Waals surface area contributed by atoms with Crippen molar-refractivity contribution in [1.82, 2.24) is 10.6 Å². The van der Waals surface area contributed by atoms with Crippen LogP contribution in [0.5, 0.6) is 0 Å². The van der Waals surface area contributed by atoms with Crippen LogP contribution in [0, 0.1) is 0 Å². The van der Waals surface area contributed by atoms with Gasteiger partial charge in [0.25, 0.3) is 0 Å². The molecule has 4 rings (SSSR count). The largest absolute Gasteiger partial charge is 0.394 e. The van der Waals surface area contributed by atoms with Crippen LogP contribution in [0.15, 0.2) is 0 Å². The Morgan fingerprint density at radius 2 is 1.54 bits per heavy atom. The van der Waals surface area contributed by atoms with E-state index in [1.807, 2.05) is 0 Å². The molecule has 0 amide bonds. The maximum atomic E-state index is 11.2. The van der Waals surface area contributed by atoms with Crippen LogP contribution in [0.1, 0.15) is 19.3 Å². The molecule has 15 N–H and O–H groups in total. The van der Waals surface area contributed by atoms with Crippen molar-refractivity contribution in [2.24, 2.45) is 22.9 Å². The highest BCUT2D eigenvalue weighted by atomic mass is 16.8. The molecule has 3 aliphatic heterocycles. The number of hydrogen-bond donors (Lipinski definition) is 11. The third kappa shape index (κ3) is 6.72. The second-order valence-corrected chi connectivity index (χ2v) is 10.9. The number of likely N-dealkylation sites (N-methyl/N-ethyl adjacent to an activating group) is 1. The number of ether oxygens (including phenoxy) is 5. The first-order valence-corrected chi connectivity index (χ1v) is 13.6. The number of fused-ring (bicyclic) bond motifs is 1. The minimum Gasteiger partial charge on any atom is -0.394 e. The van der Waals surface area contributed by atoms with Crippen molar-refractivity contribution in [3.8, 4) is 0 Å². The van der Waals surface area contributed by atoms with Gasteiger partial charge in [0.05, 0.1) is 43.0 Å². The fraction of sp³-hybridized carbons (Fsp3) is 1.00. The first-order valence-electron chi connectivity index (χ1n) is 13.6. The van der Waals surface area contributed by atoms with E-state index >= 15 is 0 Å². The van der Waals surface area contributed by atoms with Crippen molar-refractivity contribution in [1.29, 1.82) is 0 Å². The molecular weight excluding hydrogens is 520 g/mol. The number of aliphatic hydroxyl groups is 5. The average Bonchev–Trinajstić information content (AvgIpc) is 2.90. The monoisotopic (exact) mass is 566 g/mol. The molecule has 0 aromatic carbocycles. The molecule has 4 aliphatic rings. The molecule has 16 heteroatoms. The SMILES string of the molecule is CNC1C(O[C@H]2OC(CO)[C@@H](NCCN)C(O)C2O)O[C@H]2CC(N)[C@@H](O[C@H]3CC(O)[C@H](N)CC3N)OC2C1O. The predicted octanol–water partition coefficient (Wildman–Crippen LogP) is -6.33. The molecule has 0 aromatic rings. The highest BCUT2D eigenvalue weighted by molar-refractivity contribution is 5.00. The lowest BCUT2D eigenvalue weighted by Crippen LogP contribution is -2.70. The Bertz CT molecular complexity index is 773. The summed E-state index contributed by atoms with van der Waals surface area (Å²) in [6, 6.07) is -3.08. The Hall–Kier alpha value is -0.640. The molecule has 1 aliphatic carbocycles. The Morgan fingerprint density at radius 3 is 2.21 bits per heavy atom. The third-order valence-corrected chi connectivity index (χ3v) is 8.13. The first-order chi connectivity index (χ1) is 18.6. The molecule has 0 spiro atoms. The van der Waals surface area contributed by atoms with Crippen molar-refractivity contribution >= 4 is 0 Å². The van der Waals surface area contributed by atoms with Crippen LogP contribution in [0.2, 0.25) is 0 Å². The summed E-state index contributed by atoms with van der Waals surface area (Å²) < 4.78 is 29.9. The number of rotatable bonds is 9. The van der Waals surface area contributed by atoms with E-state index in [0.29, 0.717) is 13.0 Å². The van der Waals surface area contributed by atoms with Crippen molar-refractivity contribution in [2.75, 3.05) is 26.7 Å². The molecule has 3 heterocycles. The summed E-state index contributed by atoms with van der Waals surface area (Å²) >= 11 is 0. The third-order valence-electron chi connectivity index (χ3n) is 8.13. The molecule has 10 unspecified atom stereocenters. The van der Waals surface area contributed by atoms with Crippen LogP contribution in [-0.4, -0.2) is 150 Å². The van der Waals surface area contributed by atoms with Crippen LogP contribution in [-0.2, 0) is 23.7 Å². The number of nitrogens with two attached hydrogens (primary N) is 4. The summed E-state index contributed by atoms with van der Waals surface area (Å²) in [7, 11) is 1.60. The van der Waals surface area contributed by atoms with Gasteiger partial charge in [-0.1, -0.05) is 0 Å². The van der Waals surface area contributed by atoms with Gasteiger partial charge in [0.15, 0.2) is 18.9 Å². The molecule has 228 valence electrons. The van der Waals surface area contributed by atoms with E-state index in [4.69, 9.17) is 46.6 Å². The lowest BCUT2D eigenvalue weighted by atomic mass is 9.87. The molecule has 0 radical (unpaired) electrons. The Balaban J connectivity index is 1.40. The minimum absolute atomic E-state index is 0.240. The van der Waals surface area contributed by atoms with Crippen molar-refractivity contribution in [3.05, 3.63) is 0 Å². The summed E-state index contributed by atoms with van der Waals surface area (Å²) in [5.41, 5.74) is 23.9. The van der Waals surface area contributed by atoms with E-state index in [1.54, 1.807) is 7.05 Å². The fourth-order valence-corrected chi connectivity index (χ4v) is 5.84. The van der Waals surface area contributed by atoms with E-state index in [0.717, 1.165) is 0 Å². The summed E-state index contributed by atoms with van der Waals surface area (Å²) in [6.07, 6.45) is -10.2. The van der Waals surface area contributed by atoms with Crippen molar-refractivity contribution < 1.29 is 49.2 Å². The van der Waals surface area contributed by atoms with Gasteiger partial charge in [-0.15, -0.1) is 0 Å². The molecule has 3 saturated heterocycles. The molecule has 0 aromatic heterocycles. The highest BCUT2D eigenvalue weighted by Gasteiger charge is 2.53. The standard InChI is InChI=1S/C23H46N6O10/c1-28-16-18(33)20-13(5-10(27)21(38-20)35-12-6-11(31)8(25)4-9(12)26)36-22(16)39-23-19(34)17(32)15(29-3-2-24)14(7-30)37-23/h8-23,28-34H,2-7,24-27H2,1H3/t8-,9?,10?,11?,12+,13+,14?,15-,16?,17?,18?,19?,20?,21+,22?,23-/m1/s1. The second kappa shape index (κ2) is 13.6. The molecule has 1 saturated carbocycles. The van der Waals surface area contributed by atoms with Gasteiger partial charge in [-0.2, -0.15) is 0 Å². The maximum Gasteiger partial charge on any atom is 0.189 e. The second-order valence-electron chi connectivity index (χ2n) is 10.9. The van der Waals surface area contributed by atoms with Crippen LogP contribution in [0.25, 0.3) is 0 Å². The van der Waals surface area contributed by atoms with Gasteiger partial charge in [-0.25, -0.2) is 0 Å². The first kappa shape index (κ1) is 31.3. The summed E-state index contributed by atoms with van der Waals surface area (Å²) in [5, 5.41) is 58.5. The van der Waals surface area contributed by atoms with E-state index in [-0.39, 0.29) is 19.4 Å². The topological polar surface area (TPSA) is 275 Å². The fourth-order valence-electron chi connectivity index (χ4n) is 5.84. The Labute approximate surface area is 227 Å². The lowest BCUT2D eigenvalue weighted by molar-refractivity contribution is -0.372. The average molecular weight is 567 g/mol. The quantitative estimate of drug-likeness (QED) is 0.124. The summed E-state index contributed by atoms with van der Waals surface area (Å²) in [5.74, 6) is 0. The molecule has 0 bridgehead atoms. The zero-order valence-electron chi connectivity index (χ0n) is 22.1. The zero-order valence-corrected chi connectivity index (χ0v) is 22.1. The van der Waals surface area contributed by atoms with Gasteiger partial charge < -0.3 is 82.8 Å². The van der Waals surface area contributed by atoms with Gasteiger partial charge in [0.2, 0.25) is 0 Å². The van der Waals surface area contributed by atoms with Crippen LogP contribution < -0.4 is 33.6 Å².